The molecule has 5 rings (SSSR count). The maximum Gasteiger partial charge on any atom is 0.229 e. The SMILES string of the molecule is COc1cc([C@H](C)C(=O)N2CC[C@@]3(CCc4cc(-c5ncccn5)c(C)nc4N3)C2)c(C)cn1. The highest BCUT2D eigenvalue weighted by Crippen LogP contribution is 2.38. The first-order valence-corrected chi connectivity index (χ1v) is 11.7. The average Bonchev–Trinajstić information content (AvgIpc) is 3.26. The number of likely N-dealkylation sites (tertiary alicyclic amines) is 1. The third-order valence-corrected chi connectivity index (χ3v) is 7.19. The number of amides is 1. The highest BCUT2D eigenvalue weighted by Gasteiger charge is 2.43. The summed E-state index contributed by atoms with van der Waals surface area (Å²) < 4.78 is 5.27. The van der Waals surface area contributed by atoms with E-state index in [2.05, 4.69) is 26.3 Å². The van der Waals surface area contributed by atoms with Crippen molar-refractivity contribution in [3.8, 4) is 17.3 Å². The highest BCUT2D eigenvalue weighted by molar-refractivity contribution is 5.84. The molecule has 0 saturated carbocycles. The van der Waals surface area contributed by atoms with Gasteiger partial charge in [0.2, 0.25) is 11.8 Å². The molecule has 0 aliphatic carbocycles. The van der Waals surface area contributed by atoms with Crippen LogP contribution < -0.4 is 10.1 Å². The number of hydrogen-bond donors (Lipinski definition) is 1. The Morgan fingerprint density at radius 3 is 2.74 bits per heavy atom. The van der Waals surface area contributed by atoms with Gasteiger partial charge in [-0.2, -0.15) is 0 Å². The second-order valence-electron chi connectivity index (χ2n) is 9.42. The van der Waals surface area contributed by atoms with Crippen LogP contribution in [0.2, 0.25) is 0 Å². The van der Waals surface area contributed by atoms with E-state index in [1.807, 2.05) is 37.8 Å². The number of aryl methyl sites for hydroxylation is 3. The van der Waals surface area contributed by atoms with E-state index in [1.54, 1.807) is 25.7 Å². The molecule has 1 N–H and O–H groups in total. The zero-order valence-corrected chi connectivity index (χ0v) is 20.1. The molecule has 3 aromatic heterocycles. The van der Waals surface area contributed by atoms with Crippen molar-refractivity contribution in [2.75, 3.05) is 25.5 Å². The van der Waals surface area contributed by atoms with Gasteiger partial charge >= 0.3 is 0 Å². The van der Waals surface area contributed by atoms with Crippen LogP contribution in [0.4, 0.5) is 5.82 Å². The van der Waals surface area contributed by atoms with Crippen molar-refractivity contribution < 1.29 is 9.53 Å². The van der Waals surface area contributed by atoms with Gasteiger partial charge in [0.1, 0.15) is 5.82 Å². The summed E-state index contributed by atoms with van der Waals surface area (Å²) in [5, 5.41) is 3.71. The summed E-state index contributed by atoms with van der Waals surface area (Å²) in [6.07, 6.45) is 8.06. The van der Waals surface area contributed by atoms with Crippen molar-refractivity contribution in [1.29, 1.82) is 0 Å². The standard InChI is InChI=1S/C26H30N6O2/c1-16-14-29-22(34-4)13-20(16)17(2)25(33)32-11-8-26(15-32)7-6-19-12-21(18(3)30-23(19)31-26)24-27-9-5-10-28-24/h5,9-10,12-14,17H,6-8,11,15H2,1-4H3,(H,30,31)/t17-,26-/m0/s1. The van der Waals surface area contributed by atoms with Crippen molar-refractivity contribution in [3.05, 3.63) is 59.2 Å². The molecule has 1 saturated heterocycles. The molecule has 34 heavy (non-hydrogen) atoms. The number of nitrogens with one attached hydrogen (secondary N) is 1. The topological polar surface area (TPSA) is 93.1 Å². The number of rotatable bonds is 4. The predicted octanol–water partition coefficient (Wildman–Crippen LogP) is 3.69. The lowest BCUT2D eigenvalue weighted by atomic mass is 9.86. The minimum Gasteiger partial charge on any atom is -0.481 e. The molecule has 0 bridgehead atoms. The average molecular weight is 459 g/mol. The van der Waals surface area contributed by atoms with Crippen LogP contribution in [0.3, 0.4) is 0 Å². The molecule has 1 fully saturated rings. The summed E-state index contributed by atoms with van der Waals surface area (Å²) >= 11 is 0. The van der Waals surface area contributed by atoms with E-state index in [0.717, 1.165) is 54.0 Å². The molecule has 8 heteroatoms. The van der Waals surface area contributed by atoms with E-state index in [1.165, 1.54) is 5.56 Å². The summed E-state index contributed by atoms with van der Waals surface area (Å²) in [4.78, 5) is 33.3. The molecule has 0 aromatic carbocycles. The summed E-state index contributed by atoms with van der Waals surface area (Å²) in [6.45, 7) is 7.37. The number of carbonyl (C=O) groups excluding carboxylic acids is 1. The number of anilines is 1. The van der Waals surface area contributed by atoms with E-state index < -0.39 is 0 Å². The van der Waals surface area contributed by atoms with Gasteiger partial charge in [-0.15, -0.1) is 0 Å². The molecule has 2 aliphatic heterocycles. The molecule has 2 aliphatic rings. The first-order chi connectivity index (χ1) is 16.4. The molecular weight excluding hydrogens is 428 g/mol. The maximum atomic E-state index is 13.4. The number of nitrogens with zero attached hydrogens (tertiary/aromatic N) is 5. The number of ether oxygens (including phenoxy) is 1. The quantitative estimate of drug-likeness (QED) is 0.637. The minimum atomic E-state index is -0.253. The van der Waals surface area contributed by atoms with Crippen LogP contribution in [-0.4, -0.2) is 56.5 Å². The van der Waals surface area contributed by atoms with Gasteiger partial charge in [0.25, 0.3) is 0 Å². The Morgan fingerprint density at radius 1 is 1.18 bits per heavy atom. The number of aromatic nitrogens is 4. The van der Waals surface area contributed by atoms with Crippen molar-refractivity contribution in [1.82, 2.24) is 24.8 Å². The first-order valence-electron chi connectivity index (χ1n) is 11.7. The largest absolute Gasteiger partial charge is 0.481 e. The van der Waals surface area contributed by atoms with Crippen molar-refractivity contribution in [2.45, 2.75) is 51.5 Å². The normalized spacial score (nSPS) is 20.1. The van der Waals surface area contributed by atoms with Crippen LogP contribution in [0.1, 0.15) is 48.1 Å². The monoisotopic (exact) mass is 458 g/mol. The van der Waals surface area contributed by atoms with Crippen molar-refractivity contribution in [2.24, 2.45) is 0 Å². The summed E-state index contributed by atoms with van der Waals surface area (Å²) in [5.41, 5.74) is 4.87. The third-order valence-electron chi connectivity index (χ3n) is 7.19. The fourth-order valence-electron chi connectivity index (χ4n) is 5.17. The van der Waals surface area contributed by atoms with Crippen molar-refractivity contribution in [3.63, 3.8) is 0 Å². The second-order valence-corrected chi connectivity index (χ2v) is 9.42. The Bertz CT molecular complexity index is 1230. The van der Waals surface area contributed by atoms with E-state index in [4.69, 9.17) is 9.72 Å². The predicted molar refractivity (Wildman–Crippen MR) is 130 cm³/mol. The van der Waals surface area contributed by atoms with Gasteiger partial charge in [-0.3, -0.25) is 4.79 Å². The molecule has 1 amide bonds. The first kappa shape index (κ1) is 22.3. The Kier molecular flexibility index (Phi) is 5.67. The lowest BCUT2D eigenvalue weighted by molar-refractivity contribution is -0.131. The fraction of sp³-hybridized carbons (Fsp3) is 0.423. The number of methoxy groups -OCH3 is 1. The third kappa shape index (κ3) is 3.97. The molecule has 8 nitrogen and oxygen atoms in total. The Balaban J connectivity index is 1.33. The number of fused-ring (bicyclic) bond motifs is 1. The summed E-state index contributed by atoms with van der Waals surface area (Å²) in [7, 11) is 1.59. The number of carbonyl (C=O) groups is 1. The van der Waals surface area contributed by atoms with E-state index in [9.17, 15) is 4.79 Å². The van der Waals surface area contributed by atoms with Gasteiger partial charge < -0.3 is 15.0 Å². The van der Waals surface area contributed by atoms with E-state index in [0.29, 0.717) is 18.2 Å². The molecule has 176 valence electrons. The van der Waals surface area contributed by atoms with Gasteiger partial charge in [-0.1, -0.05) is 0 Å². The smallest absolute Gasteiger partial charge is 0.229 e. The van der Waals surface area contributed by atoms with Gasteiger partial charge in [0.05, 0.1) is 24.3 Å². The molecule has 0 radical (unpaired) electrons. The molecular formula is C26H30N6O2. The molecule has 0 unspecified atom stereocenters. The molecule has 3 aromatic rings. The minimum absolute atomic E-state index is 0.140. The lowest BCUT2D eigenvalue weighted by Gasteiger charge is -2.36. The molecule has 1 spiro atoms. The Morgan fingerprint density at radius 2 is 1.97 bits per heavy atom. The van der Waals surface area contributed by atoms with Gasteiger partial charge in [-0.25, -0.2) is 19.9 Å². The van der Waals surface area contributed by atoms with Crippen molar-refractivity contribution >= 4 is 11.7 Å². The number of pyridine rings is 2. The maximum absolute atomic E-state index is 13.4. The van der Waals surface area contributed by atoms with E-state index in [-0.39, 0.29) is 17.4 Å². The number of hydrogen-bond acceptors (Lipinski definition) is 7. The van der Waals surface area contributed by atoms with Crippen LogP contribution in [0, 0.1) is 13.8 Å². The van der Waals surface area contributed by atoms with Crippen LogP contribution >= 0.6 is 0 Å². The lowest BCUT2D eigenvalue weighted by Crippen LogP contribution is -2.46. The Hall–Kier alpha value is -3.55. The van der Waals surface area contributed by atoms with Crippen LogP contribution in [0.5, 0.6) is 5.88 Å². The summed E-state index contributed by atoms with van der Waals surface area (Å²) in [6, 6.07) is 5.85. The fourth-order valence-corrected chi connectivity index (χ4v) is 5.17. The Labute approximate surface area is 199 Å². The zero-order chi connectivity index (χ0) is 23.9. The zero-order valence-electron chi connectivity index (χ0n) is 20.1. The van der Waals surface area contributed by atoms with Gasteiger partial charge in [-0.05, 0) is 68.9 Å². The van der Waals surface area contributed by atoms with Gasteiger partial charge in [0, 0.05) is 43.3 Å². The molecule has 5 heterocycles. The van der Waals surface area contributed by atoms with Crippen LogP contribution in [0.15, 0.2) is 36.8 Å². The van der Waals surface area contributed by atoms with Crippen LogP contribution in [-0.2, 0) is 11.2 Å². The highest BCUT2D eigenvalue weighted by atomic mass is 16.5. The van der Waals surface area contributed by atoms with Crippen LogP contribution in [0.25, 0.3) is 11.4 Å². The van der Waals surface area contributed by atoms with Gasteiger partial charge in [0.15, 0.2) is 5.82 Å². The molecule has 2 atom stereocenters. The summed E-state index contributed by atoms with van der Waals surface area (Å²) in [5.74, 6) is 2.04. The second kappa shape index (κ2) is 8.66. The van der Waals surface area contributed by atoms with E-state index >= 15 is 0 Å².